The lowest BCUT2D eigenvalue weighted by molar-refractivity contribution is 0.0832. The number of nitrogens with one attached hydrogen (secondary N) is 3. The number of hydrogen-bond donors (Lipinski definition) is 3. The summed E-state index contributed by atoms with van der Waals surface area (Å²) in [5.74, 6) is 0. The van der Waals surface area contributed by atoms with Crippen LogP contribution in [0.1, 0.15) is 31.0 Å². The third-order valence-electron chi connectivity index (χ3n) is 3.39. The second-order valence-electron chi connectivity index (χ2n) is 4.92. The van der Waals surface area contributed by atoms with E-state index in [1.165, 1.54) is 0 Å². The van der Waals surface area contributed by atoms with E-state index in [0.29, 0.717) is 38.2 Å². The Hall–Kier alpha value is -0.960. The highest BCUT2D eigenvalue weighted by atomic mass is 32.2. The monoisotopic (exact) mass is 302 g/mol. The van der Waals surface area contributed by atoms with Crippen LogP contribution in [0.2, 0.25) is 0 Å². The molecule has 114 valence electrons. The number of aryl methyl sites for hydroxylation is 1. The molecule has 1 fully saturated rings. The molecule has 0 spiro atoms. The normalized spacial score (nSPS) is 17.5. The SMILES string of the molecule is CCNCc1c(S(=O)(=O)NC2CCOCC2)n[nH]c1C. The molecule has 0 bridgehead atoms. The van der Waals surface area contributed by atoms with E-state index in [1.807, 2.05) is 13.8 Å². The number of H-pyrrole nitrogens is 1. The van der Waals surface area contributed by atoms with Gasteiger partial charge in [0.1, 0.15) is 0 Å². The van der Waals surface area contributed by atoms with Crippen LogP contribution in [0.5, 0.6) is 0 Å². The quantitative estimate of drug-likeness (QED) is 0.701. The Kier molecular flexibility index (Phi) is 5.14. The number of hydrogen-bond acceptors (Lipinski definition) is 5. The molecule has 0 atom stereocenters. The molecule has 1 aliphatic heterocycles. The van der Waals surface area contributed by atoms with Gasteiger partial charge in [0.05, 0.1) is 0 Å². The van der Waals surface area contributed by atoms with Gasteiger partial charge in [0.25, 0.3) is 10.0 Å². The van der Waals surface area contributed by atoms with Gasteiger partial charge in [-0.25, -0.2) is 13.1 Å². The summed E-state index contributed by atoms with van der Waals surface area (Å²) in [5.41, 5.74) is 1.48. The van der Waals surface area contributed by atoms with E-state index >= 15 is 0 Å². The van der Waals surface area contributed by atoms with Crippen molar-refractivity contribution in [2.45, 2.75) is 44.3 Å². The number of rotatable bonds is 6. The summed E-state index contributed by atoms with van der Waals surface area (Å²) in [6.07, 6.45) is 1.40. The van der Waals surface area contributed by atoms with Crippen LogP contribution in [0.4, 0.5) is 0 Å². The first-order valence-corrected chi connectivity index (χ1v) is 8.37. The van der Waals surface area contributed by atoms with Crippen LogP contribution >= 0.6 is 0 Å². The lowest BCUT2D eigenvalue weighted by Crippen LogP contribution is -2.39. The molecular weight excluding hydrogens is 280 g/mol. The van der Waals surface area contributed by atoms with E-state index in [-0.39, 0.29) is 11.1 Å². The molecule has 1 aliphatic rings. The van der Waals surface area contributed by atoms with Crippen molar-refractivity contribution in [3.8, 4) is 0 Å². The fourth-order valence-electron chi connectivity index (χ4n) is 2.20. The average molecular weight is 302 g/mol. The van der Waals surface area contributed by atoms with Crippen molar-refractivity contribution in [2.75, 3.05) is 19.8 Å². The van der Waals surface area contributed by atoms with Crippen LogP contribution in [0.25, 0.3) is 0 Å². The Morgan fingerprint density at radius 1 is 1.40 bits per heavy atom. The van der Waals surface area contributed by atoms with Gasteiger partial charge in [0.15, 0.2) is 5.03 Å². The molecular formula is C12H22N4O3S. The maximum atomic E-state index is 12.4. The van der Waals surface area contributed by atoms with Crippen LogP contribution in [0.15, 0.2) is 5.03 Å². The molecule has 1 aromatic heterocycles. The van der Waals surface area contributed by atoms with Crippen molar-refractivity contribution in [2.24, 2.45) is 0 Å². The zero-order chi connectivity index (χ0) is 14.6. The summed E-state index contributed by atoms with van der Waals surface area (Å²) in [7, 11) is -3.59. The lowest BCUT2D eigenvalue weighted by Gasteiger charge is -2.22. The van der Waals surface area contributed by atoms with Crippen molar-refractivity contribution < 1.29 is 13.2 Å². The molecule has 0 radical (unpaired) electrons. The number of nitrogens with zero attached hydrogens (tertiary/aromatic N) is 1. The number of ether oxygens (including phenoxy) is 1. The zero-order valence-electron chi connectivity index (χ0n) is 11.9. The summed E-state index contributed by atoms with van der Waals surface area (Å²) in [4.78, 5) is 0. The molecule has 0 amide bonds. The lowest BCUT2D eigenvalue weighted by atomic mass is 10.1. The highest BCUT2D eigenvalue weighted by Crippen LogP contribution is 2.18. The maximum Gasteiger partial charge on any atom is 0.260 e. The van der Waals surface area contributed by atoms with E-state index < -0.39 is 10.0 Å². The van der Waals surface area contributed by atoms with E-state index in [1.54, 1.807) is 0 Å². The minimum Gasteiger partial charge on any atom is -0.381 e. The molecule has 20 heavy (non-hydrogen) atoms. The van der Waals surface area contributed by atoms with Gasteiger partial charge in [-0.15, -0.1) is 0 Å². The standard InChI is InChI=1S/C12H22N4O3S/c1-3-13-8-11-9(2)14-15-12(11)20(17,18)16-10-4-6-19-7-5-10/h10,13,16H,3-8H2,1-2H3,(H,14,15). The summed E-state index contributed by atoms with van der Waals surface area (Å²) in [5, 5.41) is 9.95. The fourth-order valence-corrected chi connectivity index (χ4v) is 3.70. The molecule has 0 aliphatic carbocycles. The van der Waals surface area contributed by atoms with Crippen molar-refractivity contribution in [1.29, 1.82) is 0 Å². The predicted molar refractivity (Wildman–Crippen MR) is 74.9 cm³/mol. The number of sulfonamides is 1. The van der Waals surface area contributed by atoms with Gasteiger partial charge in [0.2, 0.25) is 0 Å². The molecule has 0 unspecified atom stereocenters. The van der Waals surface area contributed by atoms with Crippen LogP contribution in [-0.2, 0) is 21.3 Å². The molecule has 0 saturated carbocycles. The summed E-state index contributed by atoms with van der Waals surface area (Å²) in [6, 6.07) is -0.0715. The molecule has 7 nitrogen and oxygen atoms in total. The van der Waals surface area contributed by atoms with E-state index in [9.17, 15) is 8.42 Å². The Morgan fingerprint density at radius 3 is 2.75 bits per heavy atom. The van der Waals surface area contributed by atoms with Gasteiger partial charge >= 0.3 is 0 Å². The molecule has 2 rings (SSSR count). The van der Waals surface area contributed by atoms with E-state index in [0.717, 1.165) is 12.2 Å². The Labute approximate surface area is 119 Å². The first kappa shape index (κ1) is 15.4. The largest absolute Gasteiger partial charge is 0.381 e. The van der Waals surface area contributed by atoms with Crippen LogP contribution < -0.4 is 10.0 Å². The van der Waals surface area contributed by atoms with Gasteiger partial charge < -0.3 is 10.1 Å². The second kappa shape index (κ2) is 6.66. The number of aromatic amines is 1. The van der Waals surface area contributed by atoms with Gasteiger partial charge in [-0.3, -0.25) is 5.10 Å². The predicted octanol–water partition coefficient (Wildman–Crippen LogP) is 0.285. The van der Waals surface area contributed by atoms with Crippen LogP contribution in [0, 0.1) is 6.92 Å². The molecule has 8 heteroatoms. The topological polar surface area (TPSA) is 96.1 Å². The molecule has 1 saturated heterocycles. The first-order chi connectivity index (χ1) is 9.54. The highest BCUT2D eigenvalue weighted by molar-refractivity contribution is 7.89. The van der Waals surface area contributed by atoms with Gasteiger partial charge in [-0.2, -0.15) is 5.10 Å². The third kappa shape index (κ3) is 3.57. The van der Waals surface area contributed by atoms with E-state index in [4.69, 9.17) is 4.74 Å². The van der Waals surface area contributed by atoms with Gasteiger partial charge in [-0.05, 0) is 26.3 Å². The molecule has 0 aromatic carbocycles. The highest BCUT2D eigenvalue weighted by Gasteiger charge is 2.27. The summed E-state index contributed by atoms with van der Waals surface area (Å²) >= 11 is 0. The Balaban J connectivity index is 2.16. The van der Waals surface area contributed by atoms with Crippen molar-refractivity contribution in [3.05, 3.63) is 11.3 Å². The van der Waals surface area contributed by atoms with Crippen molar-refractivity contribution in [3.63, 3.8) is 0 Å². The third-order valence-corrected chi connectivity index (χ3v) is 4.88. The smallest absolute Gasteiger partial charge is 0.260 e. The van der Waals surface area contributed by atoms with Gasteiger partial charge in [0, 0.05) is 37.1 Å². The van der Waals surface area contributed by atoms with Crippen LogP contribution in [-0.4, -0.2) is 44.4 Å². The molecule has 3 N–H and O–H groups in total. The minimum atomic E-state index is -3.59. The molecule has 2 heterocycles. The van der Waals surface area contributed by atoms with Crippen LogP contribution in [0.3, 0.4) is 0 Å². The first-order valence-electron chi connectivity index (χ1n) is 6.89. The average Bonchev–Trinajstić information content (AvgIpc) is 2.79. The van der Waals surface area contributed by atoms with E-state index in [2.05, 4.69) is 20.2 Å². The molecule has 1 aromatic rings. The summed E-state index contributed by atoms with van der Waals surface area (Å²) < 4.78 is 32.8. The second-order valence-corrected chi connectivity index (χ2v) is 6.55. The minimum absolute atomic E-state index is 0.0715. The van der Waals surface area contributed by atoms with Gasteiger partial charge in [-0.1, -0.05) is 6.92 Å². The Morgan fingerprint density at radius 2 is 2.10 bits per heavy atom. The fraction of sp³-hybridized carbons (Fsp3) is 0.750. The number of aromatic nitrogens is 2. The summed E-state index contributed by atoms with van der Waals surface area (Å²) in [6.45, 7) is 6.26. The Bertz CT molecular complexity index is 535. The maximum absolute atomic E-state index is 12.4. The van der Waals surface area contributed by atoms with Crippen molar-refractivity contribution >= 4 is 10.0 Å². The van der Waals surface area contributed by atoms with Crippen molar-refractivity contribution in [1.82, 2.24) is 20.2 Å². The zero-order valence-corrected chi connectivity index (χ0v) is 12.7.